The van der Waals surface area contributed by atoms with Crippen molar-refractivity contribution in [2.24, 2.45) is 4.40 Å². The Balaban J connectivity index is 2.16. The van der Waals surface area contributed by atoms with E-state index in [1.165, 1.54) is 24.7 Å². The minimum absolute atomic E-state index is 0.466. The summed E-state index contributed by atoms with van der Waals surface area (Å²) in [5.74, 6) is 0. The Bertz CT molecular complexity index is 728. The van der Waals surface area contributed by atoms with Gasteiger partial charge in [-0.05, 0) is 45.0 Å². The van der Waals surface area contributed by atoms with Crippen LogP contribution in [0, 0.1) is 0 Å². The molecule has 0 radical (unpaired) electrons. The van der Waals surface area contributed by atoms with Crippen LogP contribution in [-0.2, 0) is 17.2 Å². The van der Waals surface area contributed by atoms with Gasteiger partial charge in [0, 0.05) is 11.9 Å². The molecule has 0 spiro atoms. The third-order valence-electron chi connectivity index (χ3n) is 2.90. The fourth-order valence-electron chi connectivity index (χ4n) is 1.63. The first-order valence-corrected chi connectivity index (χ1v) is 7.86. The summed E-state index contributed by atoms with van der Waals surface area (Å²) in [5.41, 5.74) is 0.313. The monoisotopic (exact) mass is 343 g/mol. The smallest absolute Gasteiger partial charge is 0.306 e. The van der Waals surface area contributed by atoms with Gasteiger partial charge in [0.05, 0.1) is 22.9 Å². The highest BCUT2D eigenvalue weighted by atomic mass is 32.2. The van der Waals surface area contributed by atoms with Crippen LogP contribution in [0.3, 0.4) is 0 Å². The average Bonchev–Trinajstić information content (AvgIpc) is 2.91. The highest BCUT2D eigenvalue weighted by molar-refractivity contribution is 7.85. The zero-order valence-electron chi connectivity index (χ0n) is 12.8. The summed E-state index contributed by atoms with van der Waals surface area (Å²) >= 11 is 0. The van der Waals surface area contributed by atoms with Crippen molar-refractivity contribution in [1.29, 1.82) is 0 Å². The van der Waals surface area contributed by atoms with Crippen molar-refractivity contribution in [2.75, 3.05) is 0 Å². The third-order valence-corrected chi connectivity index (χ3v) is 4.24. The van der Waals surface area contributed by atoms with E-state index in [2.05, 4.69) is 9.38 Å². The molecular weight excluding hydrogens is 327 g/mol. The first-order chi connectivity index (χ1) is 10.6. The molecule has 0 saturated carbocycles. The maximum absolute atomic E-state index is 12.5. The van der Waals surface area contributed by atoms with Gasteiger partial charge in [-0.25, -0.2) is 9.19 Å². The van der Waals surface area contributed by atoms with Crippen LogP contribution in [0.1, 0.15) is 32.0 Å². The molecule has 23 heavy (non-hydrogen) atoms. The Hall–Kier alpha value is -1.96. The number of imidazole rings is 1. The van der Waals surface area contributed by atoms with Gasteiger partial charge in [0.1, 0.15) is 16.7 Å². The molecule has 4 nitrogen and oxygen atoms in total. The second-order valence-corrected chi connectivity index (χ2v) is 7.78. The number of hydrogen-bond donors (Lipinski definition) is 0. The van der Waals surface area contributed by atoms with E-state index in [1.807, 2.05) is 0 Å². The maximum atomic E-state index is 12.5. The Morgan fingerprint density at radius 1 is 1.17 bits per heavy atom. The number of hydrogen-bond acceptors (Lipinski definition) is 2. The lowest BCUT2D eigenvalue weighted by atomic mass is 10.2. The molecule has 0 amide bonds. The highest BCUT2D eigenvalue weighted by Gasteiger charge is 2.30. The fourth-order valence-corrected chi connectivity index (χ4v) is 2.15. The second kappa shape index (κ2) is 6.27. The molecule has 0 aliphatic rings. The van der Waals surface area contributed by atoms with Gasteiger partial charge in [0.2, 0.25) is 0 Å². The Morgan fingerprint density at radius 3 is 2.30 bits per heavy atom. The molecule has 0 fully saturated rings. The van der Waals surface area contributed by atoms with E-state index in [0.29, 0.717) is 11.4 Å². The number of benzene rings is 1. The molecule has 0 saturated heterocycles. The number of aromatic nitrogens is 2. The van der Waals surface area contributed by atoms with E-state index in [9.17, 15) is 17.4 Å². The van der Waals surface area contributed by atoms with Crippen molar-refractivity contribution in [2.45, 2.75) is 31.7 Å². The van der Waals surface area contributed by atoms with E-state index in [1.54, 1.807) is 31.5 Å². The number of halogens is 3. The quantitative estimate of drug-likeness (QED) is 0.797. The molecule has 2 rings (SSSR count). The van der Waals surface area contributed by atoms with Crippen molar-refractivity contribution in [3.8, 4) is 5.69 Å². The van der Waals surface area contributed by atoms with Gasteiger partial charge in [-0.1, -0.05) is 0 Å². The van der Waals surface area contributed by atoms with Crippen LogP contribution in [0.2, 0.25) is 0 Å². The fraction of sp³-hybridized carbons (Fsp3) is 0.333. The molecule has 1 unspecified atom stereocenters. The number of rotatable bonds is 3. The number of alkyl halides is 3. The summed E-state index contributed by atoms with van der Waals surface area (Å²) in [6.45, 7) is 5.42. The van der Waals surface area contributed by atoms with Crippen LogP contribution in [-0.4, -0.2) is 24.7 Å². The zero-order chi connectivity index (χ0) is 17.3. The van der Waals surface area contributed by atoms with Crippen LogP contribution in [0.5, 0.6) is 0 Å². The van der Waals surface area contributed by atoms with Gasteiger partial charge in [-0.2, -0.15) is 17.6 Å². The molecule has 2 aromatic rings. The van der Waals surface area contributed by atoms with Crippen LogP contribution in [0.15, 0.2) is 41.2 Å². The molecule has 1 atom stereocenters. The first kappa shape index (κ1) is 17.4. The van der Waals surface area contributed by atoms with Crippen molar-refractivity contribution in [1.82, 2.24) is 9.55 Å². The van der Waals surface area contributed by atoms with Gasteiger partial charge in [-0.15, -0.1) is 0 Å². The molecule has 1 aromatic heterocycles. The predicted octanol–water partition coefficient (Wildman–Crippen LogP) is 3.77. The molecule has 0 N–H and O–H groups in total. The van der Waals surface area contributed by atoms with Crippen LogP contribution < -0.4 is 0 Å². The van der Waals surface area contributed by atoms with Gasteiger partial charge in [0.25, 0.3) is 0 Å². The van der Waals surface area contributed by atoms with Crippen molar-refractivity contribution < 1.29 is 17.4 Å². The lowest BCUT2D eigenvalue weighted by Crippen LogP contribution is -2.19. The average molecular weight is 343 g/mol. The van der Waals surface area contributed by atoms with E-state index >= 15 is 0 Å². The summed E-state index contributed by atoms with van der Waals surface area (Å²) in [6, 6.07) is 4.74. The maximum Gasteiger partial charge on any atom is 0.416 e. The van der Waals surface area contributed by atoms with Crippen molar-refractivity contribution >= 4 is 17.2 Å². The summed E-state index contributed by atoms with van der Waals surface area (Å²) in [7, 11) is -1.39. The van der Waals surface area contributed by atoms with E-state index in [4.69, 9.17) is 0 Å². The van der Waals surface area contributed by atoms with Crippen molar-refractivity contribution in [3.05, 3.63) is 48.0 Å². The molecule has 124 valence electrons. The molecule has 8 heteroatoms. The summed E-state index contributed by atoms with van der Waals surface area (Å²) in [4.78, 5) is 4.07. The molecule has 0 aliphatic carbocycles. The predicted molar refractivity (Wildman–Crippen MR) is 84.1 cm³/mol. The Morgan fingerprint density at radius 2 is 1.78 bits per heavy atom. The normalized spacial score (nSPS) is 14.3. The van der Waals surface area contributed by atoms with E-state index in [-0.39, 0.29) is 0 Å². The minimum Gasteiger partial charge on any atom is -0.306 e. The van der Waals surface area contributed by atoms with Crippen LogP contribution >= 0.6 is 0 Å². The molecular formula is C15H16F3N3OS. The largest absolute Gasteiger partial charge is 0.416 e. The zero-order valence-corrected chi connectivity index (χ0v) is 13.6. The Labute approximate surface area is 134 Å². The van der Waals surface area contributed by atoms with Gasteiger partial charge in [0.15, 0.2) is 0 Å². The topological polar surface area (TPSA) is 47.2 Å². The van der Waals surface area contributed by atoms with Crippen molar-refractivity contribution in [3.63, 3.8) is 0 Å². The van der Waals surface area contributed by atoms with Crippen LogP contribution in [0.4, 0.5) is 13.2 Å². The SMILES string of the molecule is CC(C)(C)S(=O)/N=C/c1cn(-c2ccc(C(F)(F)F)cc2)cn1. The highest BCUT2D eigenvalue weighted by Crippen LogP contribution is 2.29. The summed E-state index contributed by atoms with van der Waals surface area (Å²) < 4.78 is 54.5. The lowest BCUT2D eigenvalue weighted by Gasteiger charge is -2.12. The number of nitrogens with zero attached hydrogens (tertiary/aromatic N) is 3. The molecule has 1 heterocycles. The standard InChI is InChI=1S/C15H16F3N3OS/c1-14(2,3)23(22)20-8-12-9-21(10-19-12)13-6-4-11(5-7-13)15(16,17)18/h4-10H,1-3H3/b20-8+. The molecule has 0 aliphatic heterocycles. The van der Waals surface area contributed by atoms with Gasteiger partial charge >= 0.3 is 6.18 Å². The molecule has 0 bridgehead atoms. The third kappa shape index (κ3) is 4.51. The Kier molecular flexibility index (Phi) is 4.74. The first-order valence-electron chi connectivity index (χ1n) is 6.75. The van der Waals surface area contributed by atoms with E-state index in [0.717, 1.165) is 12.1 Å². The minimum atomic E-state index is -4.36. The second-order valence-electron chi connectivity index (χ2n) is 5.85. The molecule has 1 aromatic carbocycles. The summed E-state index contributed by atoms with van der Waals surface area (Å²) in [5, 5.41) is 0. The van der Waals surface area contributed by atoms with Gasteiger partial charge in [-0.3, -0.25) is 0 Å². The van der Waals surface area contributed by atoms with E-state index < -0.39 is 27.5 Å². The summed E-state index contributed by atoms with van der Waals surface area (Å²) in [6.07, 6.45) is 0.0974. The van der Waals surface area contributed by atoms with Gasteiger partial charge < -0.3 is 4.57 Å². The van der Waals surface area contributed by atoms with Crippen LogP contribution in [0.25, 0.3) is 5.69 Å². The lowest BCUT2D eigenvalue weighted by molar-refractivity contribution is -0.137.